The zero-order valence-electron chi connectivity index (χ0n) is 10.0. The maximum atomic E-state index is 13.5. The molecular formula is C13H20FN3. The van der Waals surface area contributed by atoms with Gasteiger partial charge in [-0.2, -0.15) is 0 Å². The number of hydrogen-bond donors (Lipinski definition) is 2. The van der Waals surface area contributed by atoms with Crippen molar-refractivity contribution in [1.29, 1.82) is 0 Å². The minimum absolute atomic E-state index is 0.139. The van der Waals surface area contributed by atoms with Crippen LogP contribution in [0.15, 0.2) is 18.3 Å². The molecule has 1 aliphatic rings. The first kappa shape index (κ1) is 12.3. The first-order valence-corrected chi connectivity index (χ1v) is 6.38. The van der Waals surface area contributed by atoms with Gasteiger partial charge < -0.3 is 11.1 Å². The Morgan fingerprint density at radius 2 is 2.18 bits per heavy atom. The van der Waals surface area contributed by atoms with Crippen LogP contribution >= 0.6 is 0 Å². The summed E-state index contributed by atoms with van der Waals surface area (Å²) in [5.41, 5.74) is 5.79. The second-order valence-corrected chi connectivity index (χ2v) is 4.72. The van der Waals surface area contributed by atoms with E-state index in [1.807, 2.05) is 0 Å². The fraction of sp³-hybridized carbons (Fsp3) is 0.615. The Kier molecular flexibility index (Phi) is 4.31. The van der Waals surface area contributed by atoms with Crippen LogP contribution in [0.5, 0.6) is 0 Å². The van der Waals surface area contributed by atoms with Crippen LogP contribution in [0.3, 0.4) is 0 Å². The number of pyridine rings is 1. The molecule has 94 valence electrons. The number of rotatable bonds is 4. The molecule has 3 N–H and O–H groups in total. The summed E-state index contributed by atoms with van der Waals surface area (Å²) in [4.78, 5) is 4.02. The van der Waals surface area contributed by atoms with Crippen LogP contribution in [0.4, 0.5) is 10.2 Å². The highest BCUT2D eigenvalue weighted by atomic mass is 19.1. The number of nitrogens with zero attached hydrogens (tertiary/aromatic N) is 1. The molecule has 1 unspecified atom stereocenters. The highest BCUT2D eigenvalue weighted by molar-refractivity contribution is 5.37. The largest absolute Gasteiger partial charge is 0.363 e. The third-order valence-electron chi connectivity index (χ3n) is 3.55. The molecular weight excluding hydrogens is 217 g/mol. The lowest BCUT2D eigenvalue weighted by molar-refractivity contribution is 0.319. The summed E-state index contributed by atoms with van der Waals surface area (Å²) in [5, 5.41) is 3.16. The van der Waals surface area contributed by atoms with Crippen molar-refractivity contribution in [3.05, 3.63) is 24.1 Å². The van der Waals surface area contributed by atoms with E-state index >= 15 is 0 Å². The number of anilines is 1. The number of hydrogen-bond acceptors (Lipinski definition) is 3. The Morgan fingerprint density at radius 3 is 2.82 bits per heavy atom. The van der Waals surface area contributed by atoms with Gasteiger partial charge in [0, 0.05) is 18.8 Å². The Hall–Kier alpha value is -1.16. The van der Waals surface area contributed by atoms with Gasteiger partial charge in [0.15, 0.2) is 11.6 Å². The van der Waals surface area contributed by atoms with E-state index in [0.717, 1.165) is 0 Å². The molecule has 0 saturated heterocycles. The molecule has 4 heteroatoms. The second kappa shape index (κ2) is 5.96. The van der Waals surface area contributed by atoms with Gasteiger partial charge in [-0.05, 0) is 30.9 Å². The summed E-state index contributed by atoms with van der Waals surface area (Å²) >= 11 is 0. The van der Waals surface area contributed by atoms with Crippen LogP contribution in [0, 0.1) is 11.7 Å². The van der Waals surface area contributed by atoms with Crippen molar-refractivity contribution in [1.82, 2.24) is 4.98 Å². The normalized spacial score (nSPS) is 18.9. The van der Waals surface area contributed by atoms with E-state index in [1.54, 1.807) is 12.3 Å². The van der Waals surface area contributed by atoms with Crippen molar-refractivity contribution < 1.29 is 4.39 Å². The number of nitrogens with one attached hydrogen (secondary N) is 1. The lowest BCUT2D eigenvalue weighted by Gasteiger charge is -2.30. The highest BCUT2D eigenvalue weighted by Gasteiger charge is 2.23. The summed E-state index contributed by atoms with van der Waals surface area (Å²) in [6, 6.07) is 3.15. The maximum absolute atomic E-state index is 13.5. The molecule has 0 radical (unpaired) electrons. The second-order valence-electron chi connectivity index (χ2n) is 4.72. The van der Waals surface area contributed by atoms with Gasteiger partial charge in [-0.3, -0.25) is 0 Å². The molecule has 2 rings (SSSR count). The van der Waals surface area contributed by atoms with Crippen molar-refractivity contribution in [3.63, 3.8) is 0 Å². The van der Waals surface area contributed by atoms with E-state index in [2.05, 4.69) is 10.3 Å². The first-order chi connectivity index (χ1) is 8.31. The SMILES string of the molecule is NCC(Nc1ncccc1F)C1CCCCC1. The Balaban J connectivity index is 2.01. The van der Waals surface area contributed by atoms with Crippen LogP contribution in [0.2, 0.25) is 0 Å². The quantitative estimate of drug-likeness (QED) is 0.846. The van der Waals surface area contributed by atoms with Gasteiger partial charge in [0.25, 0.3) is 0 Å². The fourth-order valence-corrected chi connectivity index (χ4v) is 2.57. The summed E-state index contributed by atoms with van der Waals surface area (Å²) in [5.74, 6) is 0.574. The standard InChI is InChI=1S/C13H20FN3/c14-11-7-4-8-16-13(11)17-12(9-15)10-5-2-1-3-6-10/h4,7-8,10,12H,1-3,5-6,9,15H2,(H,16,17). The minimum atomic E-state index is -0.304. The van der Waals surface area contributed by atoms with Crippen molar-refractivity contribution in [2.45, 2.75) is 38.1 Å². The zero-order chi connectivity index (χ0) is 12.1. The van der Waals surface area contributed by atoms with Crippen LogP contribution in [0.1, 0.15) is 32.1 Å². The van der Waals surface area contributed by atoms with Gasteiger partial charge in [-0.15, -0.1) is 0 Å². The molecule has 1 atom stereocenters. The average Bonchev–Trinajstić information content (AvgIpc) is 2.39. The third kappa shape index (κ3) is 3.16. The van der Waals surface area contributed by atoms with E-state index in [-0.39, 0.29) is 11.9 Å². The monoisotopic (exact) mass is 237 g/mol. The number of halogens is 1. The molecule has 17 heavy (non-hydrogen) atoms. The summed E-state index contributed by atoms with van der Waals surface area (Å²) in [7, 11) is 0. The van der Waals surface area contributed by atoms with Crippen LogP contribution < -0.4 is 11.1 Å². The zero-order valence-corrected chi connectivity index (χ0v) is 10.0. The molecule has 0 amide bonds. The maximum Gasteiger partial charge on any atom is 0.165 e. The molecule has 1 aromatic rings. The van der Waals surface area contributed by atoms with Gasteiger partial charge in [0.1, 0.15) is 0 Å². The summed E-state index contributed by atoms with van der Waals surface area (Å²) in [6.45, 7) is 0.528. The summed E-state index contributed by atoms with van der Waals surface area (Å²) in [6.07, 6.45) is 7.79. The molecule has 1 aliphatic carbocycles. The number of aromatic nitrogens is 1. The Bertz CT molecular complexity index is 350. The lowest BCUT2D eigenvalue weighted by Crippen LogP contribution is -2.37. The van der Waals surface area contributed by atoms with E-state index in [0.29, 0.717) is 18.3 Å². The molecule has 0 aromatic carbocycles. The van der Waals surface area contributed by atoms with E-state index in [4.69, 9.17) is 5.73 Å². The summed E-state index contributed by atoms with van der Waals surface area (Å²) < 4.78 is 13.5. The van der Waals surface area contributed by atoms with E-state index in [9.17, 15) is 4.39 Å². The van der Waals surface area contributed by atoms with Gasteiger partial charge >= 0.3 is 0 Å². The Morgan fingerprint density at radius 1 is 1.41 bits per heavy atom. The van der Waals surface area contributed by atoms with Gasteiger partial charge in [0.2, 0.25) is 0 Å². The topological polar surface area (TPSA) is 50.9 Å². The predicted octanol–water partition coefficient (Wildman–Crippen LogP) is 2.54. The van der Waals surface area contributed by atoms with Crippen LogP contribution in [0.25, 0.3) is 0 Å². The first-order valence-electron chi connectivity index (χ1n) is 6.38. The van der Waals surface area contributed by atoms with E-state index < -0.39 is 0 Å². The van der Waals surface area contributed by atoms with E-state index in [1.165, 1.54) is 38.2 Å². The third-order valence-corrected chi connectivity index (χ3v) is 3.55. The van der Waals surface area contributed by atoms with Crippen molar-refractivity contribution in [2.75, 3.05) is 11.9 Å². The molecule has 1 saturated carbocycles. The van der Waals surface area contributed by atoms with Crippen LogP contribution in [-0.4, -0.2) is 17.6 Å². The highest BCUT2D eigenvalue weighted by Crippen LogP contribution is 2.27. The molecule has 1 fully saturated rings. The molecule has 3 nitrogen and oxygen atoms in total. The molecule has 0 spiro atoms. The van der Waals surface area contributed by atoms with Gasteiger partial charge in [0.05, 0.1) is 0 Å². The fourth-order valence-electron chi connectivity index (χ4n) is 2.57. The van der Waals surface area contributed by atoms with Gasteiger partial charge in [-0.1, -0.05) is 19.3 Å². The molecule has 1 heterocycles. The molecule has 0 aliphatic heterocycles. The smallest absolute Gasteiger partial charge is 0.165 e. The predicted molar refractivity (Wildman–Crippen MR) is 67.2 cm³/mol. The van der Waals surface area contributed by atoms with Gasteiger partial charge in [-0.25, -0.2) is 9.37 Å². The molecule has 0 bridgehead atoms. The van der Waals surface area contributed by atoms with Crippen LogP contribution in [-0.2, 0) is 0 Å². The van der Waals surface area contributed by atoms with Crippen molar-refractivity contribution >= 4 is 5.82 Å². The average molecular weight is 237 g/mol. The number of nitrogens with two attached hydrogens (primary N) is 1. The van der Waals surface area contributed by atoms with Crippen molar-refractivity contribution in [2.24, 2.45) is 11.7 Å². The van der Waals surface area contributed by atoms with Crippen molar-refractivity contribution in [3.8, 4) is 0 Å². The lowest BCUT2D eigenvalue weighted by atomic mass is 9.84. The molecule has 1 aromatic heterocycles. The Labute approximate surface area is 102 Å². The minimum Gasteiger partial charge on any atom is -0.363 e.